The normalized spacial score (nSPS) is 28.3. The van der Waals surface area contributed by atoms with Crippen LogP contribution in [-0.2, 0) is 14.4 Å². The molecule has 0 spiro atoms. The van der Waals surface area contributed by atoms with E-state index in [1.54, 1.807) is 13.0 Å². The predicted octanol–water partition coefficient (Wildman–Crippen LogP) is 2.87. The molecule has 1 saturated carbocycles. The smallest absolute Gasteiger partial charge is 0.185 e. The molecule has 0 saturated heterocycles. The Hall–Kier alpha value is -1.33. The van der Waals surface area contributed by atoms with Crippen molar-refractivity contribution in [3.8, 4) is 0 Å². The van der Waals surface area contributed by atoms with Crippen LogP contribution >= 0.6 is 0 Å². The van der Waals surface area contributed by atoms with Crippen molar-refractivity contribution in [1.82, 2.24) is 0 Å². The summed E-state index contributed by atoms with van der Waals surface area (Å²) in [6.45, 7) is 11.2. The topological polar surface area (TPSA) is 91.7 Å². The number of hydrogen-bond acceptors (Lipinski definition) is 5. The average molecular weight is 366 g/mol. The van der Waals surface area contributed by atoms with Gasteiger partial charge in [0, 0.05) is 5.92 Å². The third-order valence-electron chi connectivity index (χ3n) is 5.49. The van der Waals surface area contributed by atoms with Crippen LogP contribution in [0.2, 0.25) is 0 Å². The minimum Gasteiger partial charge on any atom is -0.390 e. The third-order valence-corrected chi connectivity index (χ3v) is 5.49. The highest BCUT2D eigenvalue weighted by atomic mass is 16.4. The quantitative estimate of drug-likeness (QED) is 0.483. The third kappa shape index (κ3) is 4.49. The van der Waals surface area contributed by atoms with Gasteiger partial charge in [-0.05, 0) is 45.4 Å². The summed E-state index contributed by atoms with van der Waals surface area (Å²) in [6, 6.07) is 0. The first-order valence-corrected chi connectivity index (χ1v) is 9.63. The zero-order chi connectivity index (χ0) is 20.2. The fourth-order valence-corrected chi connectivity index (χ4v) is 3.46. The van der Waals surface area contributed by atoms with E-state index < -0.39 is 46.8 Å². The number of carbonyl (C=O) groups is 3. The first-order valence-electron chi connectivity index (χ1n) is 9.63. The van der Waals surface area contributed by atoms with Crippen molar-refractivity contribution in [3.05, 3.63) is 11.6 Å². The molecule has 5 unspecified atom stereocenters. The Balaban J connectivity index is 3.28. The number of hydrogen-bond donors (Lipinski definition) is 2. The maximum Gasteiger partial charge on any atom is 0.185 e. The molecule has 0 aliphatic heterocycles. The number of allylic oxidation sites excluding steroid dienone is 2. The van der Waals surface area contributed by atoms with Gasteiger partial charge in [-0.25, -0.2) is 0 Å². The van der Waals surface area contributed by atoms with Crippen molar-refractivity contribution in [2.45, 2.75) is 78.9 Å². The van der Waals surface area contributed by atoms with E-state index in [0.29, 0.717) is 12.8 Å². The molecule has 26 heavy (non-hydrogen) atoms. The molecule has 0 aromatic heterocycles. The summed E-state index contributed by atoms with van der Waals surface area (Å²) in [5.74, 6) is -4.51. The van der Waals surface area contributed by atoms with E-state index in [0.717, 1.165) is 5.57 Å². The molecule has 1 aliphatic rings. The van der Waals surface area contributed by atoms with Crippen molar-refractivity contribution in [2.24, 2.45) is 23.7 Å². The SMILES string of the molecule is CCC(C)C(=O)C1C(=O)C(CC=C(C)C)C(O)(C(O)CCC(C)C)C1=O. The second kappa shape index (κ2) is 9.05. The molecule has 0 radical (unpaired) electrons. The van der Waals surface area contributed by atoms with Gasteiger partial charge in [0.2, 0.25) is 0 Å². The van der Waals surface area contributed by atoms with Crippen molar-refractivity contribution in [2.75, 3.05) is 0 Å². The molecule has 0 heterocycles. The molecule has 1 rings (SSSR count). The molecular weight excluding hydrogens is 332 g/mol. The van der Waals surface area contributed by atoms with Crippen molar-refractivity contribution in [1.29, 1.82) is 0 Å². The van der Waals surface area contributed by atoms with E-state index in [2.05, 4.69) is 0 Å². The standard InChI is InChI=1S/C21H34O5/c1-7-14(6)18(23)17-19(24)15(10-8-12(2)3)21(26,20(17)25)16(22)11-9-13(4)5/h8,13-17,22,26H,7,9-11H2,1-6H3. The largest absolute Gasteiger partial charge is 0.390 e. The predicted molar refractivity (Wildman–Crippen MR) is 101 cm³/mol. The lowest BCUT2D eigenvalue weighted by atomic mass is 9.79. The lowest BCUT2D eigenvalue weighted by Gasteiger charge is -2.32. The van der Waals surface area contributed by atoms with E-state index in [4.69, 9.17) is 0 Å². The highest BCUT2D eigenvalue weighted by molar-refractivity contribution is 6.28. The molecule has 148 valence electrons. The monoisotopic (exact) mass is 366 g/mol. The van der Waals surface area contributed by atoms with Crippen molar-refractivity contribution < 1.29 is 24.6 Å². The molecule has 5 heteroatoms. The van der Waals surface area contributed by atoms with Crippen LogP contribution in [0.3, 0.4) is 0 Å². The van der Waals surface area contributed by atoms with Crippen LogP contribution in [0.4, 0.5) is 0 Å². The maximum absolute atomic E-state index is 13.0. The van der Waals surface area contributed by atoms with Crippen LogP contribution in [-0.4, -0.2) is 39.3 Å². The average Bonchev–Trinajstić information content (AvgIpc) is 2.76. The minimum atomic E-state index is -2.19. The molecule has 0 amide bonds. The molecule has 1 aliphatic carbocycles. The van der Waals surface area contributed by atoms with Crippen LogP contribution in [0, 0.1) is 23.7 Å². The number of rotatable bonds is 9. The van der Waals surface area contributed by atoms with Crippen LogP contribution < -0.4 is 0 Å². The number of Topliss-reactive ketones (excluding diaryl/α,β-unsaturated/α-hetero) is 3. The van der Waals surface area contributed by atoms with Gasteiger partial charge in [0.15, 0.2) is 23.0 Å². The molecule has 1 fully saturated rings. The second-order valence-electron chi connectivity index (χ2n) is 8.29. The molecule has 2 N–H and O–H groups in total. The van der Waals surface area contributed by atoms with Crippen LogP contribution in [0.15, 0.2) is 11.6 Å². The molecule has 0 aromatic rings. The number of aliphatic hydroxyl groups is 2. The summed E-state index contributed by atoms with van der Waals surface area (Å²) < 4.78 is 0. The fourth-order valence-electron chi connectivity index (χ4n) is 3.46. The number of aliphatic hydroxyl groups excluding tert-OH is 1. The number of carbonyl (C=O) groups excluding carboxylic acids is 3. The van der Waals surface area contributed by atoms with Gasteiger partial charge in [-0.15, -0.1) is 0 Å². The minimum absolute atomic E-state index is 0.145. The van der Waals surface area contributed by atoms with Crippen molar-refractivity contribution >= 4 is 17.3 Å². The molecular formula is C21H34O5. The van der Waals surface area contributed by atoms with E-state index in [9.17, 15) is 24.6 Å². The van der Waals surface area contributed by atoms with Gasteiger partial charge < -0.3 is 10.2 Å². The first kappa shape index (κ1) is 22.7. The van der Waals surface area contributed by atoms with Crippen molar-refractivity contribution in [3.63, 3.8) is 0 Å². The zero-order valence-corrected chi connectivity index (χ0v) is 16.9. The Bertz CT molecular complexity index is 573. The van der Waals surface area contributed by atoms with Gasteiger partial charge in [-0.3, -0.25) is 14.4 Å². The summed E-state index contributed by atoms with van der Waals surface area (Å²) in [6.07, 6.45) is 1.90. The van der Waals surface area contributed by atoms with Gasteiger partial charge in [0.1, 0.15) is 5.92 Å². The molecule has 0 aromatic carbocycles. The van der Waals surface area contributed by atoms with Gasteiger partial charge in [-0.1, -0.05) is 39.3 Å². The highest BCUT2D eigenvalue weighted by Crippen LogP contribution is 2.41. The fraction of sp³-hybridized carbons (Fsp3) is 0.762. The van der Waals surface area contributed by atoms with E-state index >= 15 is 0 Å². The zero-order valence-electron chi connectivity index (χ0n) is 16.9. The Morgan fingerprint density at radius 3 is 2.23 bits per heavy atom. The Labute approximate surface area is 156 Å². The lowest BCUT2D eigenvalue weighted by molar-refractivity contribution is -0.157. The summed E-state index contributed by atoms with van der Waals surface area (Å²) in [7, 11) is 0. The van der Waals surface area contributed by atoms with Crippen LogP contribution in [0.1, 0.15) is 67.2 Å². The van der Waals surface area contributed by atoms with E-state index in [1.807, 2.05) is 34.6 Å². The summed E-state index contributed by atoms with van der Waals surface area (Å²) >= 11 is 0. The Morgan fingerprint density at radius 2 is 1.77 bits per heavy atom. The van der Waals surface area contributed by atoms with E-state index in [-0.39, 0.29) is 18.8 Å². The first-order chi connectivity index (χ1) is 12.0. The Morgan fingerprint density at radius 1 is 1.19 bits per heavy atom. The summed E-state index contributed by atoms with van der Waals surface area (Å²) in [5.41, 5.74) is -1.24. The Kier molecular flexibility index (Phi) is 7.90. The number of ketones is 3. The van der Waals surface area contributed by atoms with Gasteiger partial charge >= 0.3 is 0 Å². The maximum atomic E-state index is 13.0. The van der Waals surface area contributed by atoms with Gasteiger partial charge in [0.05, 0.1) is 12.0 Å². The van der Waals surface area contributed by atoms with Crippen LogP contribution in [0.25, 0.3) is 0 Å². The van der Waals surface area contributed by atoms with Crippen LogP contribution in [0.5, 0.6) is 0 Å². The molecule has 5 atom stereocenters. The molecule has 5 nitrogen and oxygen atoms in total. The summed E-state index contributed by atoms with van der Waals surface area (Å²) in [4.78, 5) is 38.5. The van der Waals surface area contributed by atoms with Gasteiger partial charge in [0.25, 0.3) is 0 Å². The molecule has 0 bridgehead atoms. The van der Waals surface area contributed by atoms with E-state index in [1.165, 1.54) is 0 Å². The second-order valence-corrected chi connectivity index (χ2v) is 8.29. The lowest BCUT2D eigenvalue weighted by Crippen LogP contribution is -2.52. The van der Waals surface area contributed by atoms with Gasteiger partial charge in [-0.2, -0.15) is 0 Å². The highest BCUT2D eigenvalue weighted by Gasteiger charge is 2.64. The summed E-state index contributed by atoms with van der Waals surface area (Å²) in [5, 5.41) is 21.8.